The van der Waals surface area contributed by atoms with Gasteiger partial charge in [-0.15, -0.1) is 0 Å². The topological polar surface area (TPSA) is 114 Å². The van der Waals surface area contributed by atoms with Crippen LogP contribution in [0.25, 0.3) is 0 Å². The van der Waals surface area contributed by atoms with Gasteiger partial charge >= 0.3 is 5.97 Å². The summed E-state index contributed by atoms with van der Waals surface area (Å²) in [5.41, 5.74) is 6.78. The number of carbonyl (C=O) groups is 2. The first-order valence-corrected chi connectivity index (χ1v) is 11.2. The third-order valence-electron chi connectivity index (χ3n) is 4.42. The van der Waals surface area contributed by atoms with Crippen molar-refractivity contribution >= 4 is 44.9 Å². The van der Waals surface area contributed by atoms with Crippen LogP contribution in [-0.4, -0.2) is 27.4 Å². The third kappa shape index (κ3) is 5.37. The molecule has 0 saturated heterocycles. The van der Waals surface area contributed by atoms with E-state index < -0.39 is 21.9 Å². The van der Waals surface area contributed by atoms with E-state index in [0.717, 1.165) is 0 Å². The highest BCUT2D eigenvalue weighted by atomic mass is 35.5. The van der Waals surface area contributed by atoms with E-state index in [4.69, 9.17) is 11.6 Å². The standard InChI is InChI=1S/C22H20ClN3O5S/c1-14-7-12-19(20(13-14)32(29,30)26-18-6-4-3-5-17(18)23)24-25-21(27)15-8-10-16(11-9-15)22(28)31-2/h3-13,24,26H,1-2H3,(H,25,27). The predicted molar refractivity (Wildman–Crippen MR) is 122 cm³/mol. The minimum atomic E-state index is -4.02. The van der Waals surface area contributed by atoms with Crippen molar-refractivity contribution in [3.63, 3.8) is 0 Å². The molecule has 10 heteroatoms. The molecule has 3 aromatic carbocycles. The Morgan fingerprint density at radius 3 is 2.22 bits per heavy atom. The summed E-state index contributed by atoms with van der Waals surface area (Å²) < 4.78 is 33.1. The van der Waals surface area contributed by atoms with E-state index in [-0.39, 0.29) is 26.9 Å². The smallest absolute Gasteiger partial charge is 0.337 e. The van der Waals surface area contributed by atoms with Crippen LogP contribution in [0.15, 0.2) is 71.6 Å². The number of hydrazine groups is 1. The molecule has 166 valence electrons. The van der Waals surface area contributed by atoms with Crippen LogP contribution >= 0.6 is 11.6 Å². The van der Waals surface area contributed by atoms with Crippen LogP contribution in [0.2, 0.25) is 5.02 Å². The van der Waals surface area contributed by atoms with Gasteiger partial charge in [-0.05, 0) is 61.0 Å². The molecular weight excluding hydrogens is 454 g/mol. The molecule has 0 unspecified atom stereocenters. The molecule has 0 radical (unpaired) electrons. The van der Waals surface area contributed by atoms with E-state index in [1.165, 1.54) is 43.5 Å². The normalized spacial score (nSPS) is 10.8. The monoisotopic (exact) mass is 473 g/mol. The molecule has 0 fully saturated rings. The maximum atomic E-state index is 13.0. The molecule has 0 aromatic heterocycles. The Bertz CT molecular complexity index is 1260. The molecular formula is C22H20ClN3O5S. The summed E-state index contributed by atoms with van der Waals surface area (Å²) in [6.45, 7) is 1.75. The zero-order valence-electron chi connectivity index (χ0n) is 17.2. The van der Waals surface area contributed by atoms with Gasteiger partial charge in [-0.1, -0.05) is 29.8 Å². The lowest BCUT2D eigenvalue weighted by Crippen LogP contribution is -2.30. The number of anilines is 2. The van der Waals surface area contributed by atoms with E-state index in [0.29, 0.717) is 11.1 Å². The number of benzene rings is 3. The van der Waals surface area contributed by atoms with E-state index >= 15 is 0 Å². The zero-order valence-corrected chi connectivity index (χ0v) is 18.8. The summed E-state index contributed by atoms with van der Waals surface area (Å²) >= 11 is 6.07. The van der Waals surface area contributed by atoms with Crippen molar-refractivity contribution in [2.45, 2.75) is 11.8 Å². The van der Waals surface area contributed by atoms with Gasteiger partial charge in [-0.3, -0.25) is 20.4 Å². The molecule has 32 heavy (non-hydrogen) atoms. The molecule has 1 amide bonds. The van der Waals surface area contributed by atoms with Crippen LogP contribution in [0.4, 0.5) is 11.4 Å². The summed E-state index contributed by atoms with van der Waals surface area (Å²) in [6, 6.07) is 17.0. The number of aryl methyl sites for hydroxylation is 1. The van der Waals surface area contributed by atoms with Crippen molar-refractivity contribution < 1.29 is 22.7 Å². The fourth-order valence-corrected chi connectivity index (χ4v) is 4.34. The molecule has 3 N–H and O–H groups in total. The van der Waals surface area contributed by atoms with Gasteiger partial charge in [0.1, 0.15) is 4.90 Å². The first kappa shape index (κ1) is 23.1. The van der Waals surface area contributed by atoms with Gasteiger partial charge in [0.05, 0.1) is 29.1 Å². The highest BCUT2D eigenvalue weighted by Crippen LogP contribution is 2.28. The quantitative estimate of drug-likeness (QED) is 0.353. The lowest BCUT2D eigenvalue weighted by Gasteiger charge is -2.16. The largest absolute Gasteiger partial charge is 0.465 e. The van der Waals surface area contributed by atoms with Crippen LogP contribution in [0, 0.1) is 6.92 Å². The van der Waals surface area contributed by atoms with Gasteiger partial charge in [0.25, 0.3) is 15.9 Å². The number of ether oxygens (including phenoxy) is 1. The molecule has 0 aliphatic rings. The highest BCUT2D eigenvalue weighted by molar-refractivity contribution is 7.93. The van der Waals surface area contributed by atoms with Crippen LogP contribution in [0.1, 0.15) is 26.3 Å². The van der Waals surface area contributed by atoms with Gasteiger partial charge in [0.2, 0.25) is 0 Å². The van der Waals surface area contributed by atoms with Crippen molar-refractivity contribution in [3.8, 4) is 0 Å². The van der Waals surface area contributed by atoms with E-state index in [2.05, 4.69) is 20.3 Å². The fraction of sp³-hybridized carbons (Fsp3) is 0.0909. The number of methoxy groups -OCH3 is 1. The van der Waals surface area contributed by atoms with Crippen LogP contribution in [0.5, 0.6) is 0 Å². The van der Waals surface area contributed by atoms with E-state index in [1.807, 2.05) is 0 Å². The predicted octanol–water partition coefficient (Wildman–Crippen LogP) is 3.99. The number of amides is 1. The van der Waals surface area contributed by atoms with Crippen molar-refractivity contribution in [3.05, 3.63) is 88.4 Å². The number of hydrogen-bond donors (Lipinski definition) is 3. The Morgan fingerprint density at radius 2 is 1.56 bits per heavy atom. The number of para-hydroxylation sites is 1. The Kier molecular flexibility index (Phi) is 7.01. The molecule has 0 atom stereocenters. The van der Waals surface area contributed by atoms with E-state index in [1.54, 1.807) is 37.3 Å². The minimum absolute atomic E-state index is 0.0706. The average Bonchev–Trinajstić information content (AvgIpc) is 2.79. The molecule has 3 aromatic rings. The molecule has 8 nitrogen and oxygen atoms in total. The van der Waals surface area contributed by atoms with E-state index in [9.17, 15) is 18.0 Å². The number of halogens is 1. The molecule has 0 aliphatic carbocycles. The number of hydrogen-bond acceptors (Lipinski definition) is 6. The molecule has 0 saturated carbocycles. The van der Waals surface area contributed by atoms with Crippen LogP contribution in [0.3, 0.4) is 0 Å². The second kappa shape index (κ2) is 9.71. The maximum absolute atomic E-state index is 13.0. The Labute approximate surface area is 190 Å². The molecule has 0 spiro atoms. The zero-order chi connectivity index (χ0) is 23.3. The first-order chi connectivity index (χ1) is 15.2. The lowest BCUT2D eigenvalue weighted by atomic mass is 10.1. The fourth-order valence-electron chi connectivity index (χ4n) is 2.77. The van der Waals surface area contributed by atoms with Crippen molar-refractivity contribution in [2.75, 3.05) is 17.3 Å². The number of sulfonamides is 1. The molecule has 0 bridgehead atoms. The highest BCUT2D eigenvalue weighted by Gasteiger charge is 2.21. The van der Waals surface area contributed by atoms with Crippen molar-refractivity contribution in [1.82, 2.24) is 5.43 Å². The van der Waals surface area contributed by atoms with Gasteiger partial charge in [-0.25, -0.2) is 13.2 Å². The summed E-state index contributed by atoms with van der Waals surface area (Å²) in [4.78, 5) is 23.9. The van der Waals surface area contributed by atoms with Crippen LogP contribution < -0.4 is 15.6 Å². The Morgan fingerprint density at radius 1 is 0.906 bits per heavy atom. The SMILES string of the molecule is COC(=O)c1ccc(C(=O)NNc2ccc(C)cc2S(=O)(=O)Nc2ccccc2Cl)cc1. The van der Waals surface area contributed by atoms with Gasteiger partial charge in [0.15, 0.2) is 0 Å². The summed E-state index contributed by atoms with van der Waals surface area (Å²) in [6.07, 6.45) is 0. The van der Waals surface area contributed by atoms with Gasteiger partial charge < -0.3 is 4.74 Å². The maximum Gasteiger partial charge on any atom is 0.337 e. The Hall–Kier alpha value is -3.56. The Balaban J connectivity index is 1.80. The second-order valence-electron chi connectivity index (χ2n) is 6.73. The summed E-state index contributed by atoms with van der Waals surface area (Å²) in [5, 5.41) is 0.252. The van der Waals surface area contributed by atoms with Crippen LogP contribution in [-0.2, 0) is 14.8 Å². The first-order valence-electron chi connectivity index (χ1n) is 9.34. The van der Waals surface area contributed by atoms with Crippen molar-refractivity contribution in [1.29, 1.82) is 0 Å². The molecule has 3 rings (SSSR count). The second-order valence-corrected chi connectivity index (χ2v) is 8.79. The summed E-state index contributed by atoms with van der Waals surface area (Å²) in [5.74, 6) is -1.04. The minimum Gasteiger partial charge on any atom is -0.465 e. The van der Waals surface area contributed by atoms with Gasteiger partial charge in [0, 0.05) is 5.56 Å². The number of rotatable bonds is 7. The van der Waals surface area contributed by atoms with Crippen molar-refractivity contribution in [2.24, 2.45) is 0 Å². The number of esters is 1. The lowest BCUT2D eigenvalue weighted by molar-refractivity contribution is 0.0600. The van der Waals surface area contributed by atoms with Gasteiger partial charge in [-0.2, -0.15) is 0 Å². The number of carbonyl (C=O) groups excluding carboxylic acids is 2. The molecule has 0 heterocycles. The average molecular weight is 474 g/mol. The number of nitrogens with one attached hydrogen (secondary N) is 3. The molecule has 0 aliphatic heterocycles. The third-order valence-corrected chi connectivity index (χ3v) is 6.16. The summed E-state index contributed by atoms with van der Waals surface area (Å²) in [7, 11) is -2.75.